The third-order valence-electron chi connectivity index (χ3n) is 6.17. The molecule has 1 aliphatic heterocycles. The van der Waals surface area contributed by atoms with Gasteiger partial charge in [0.05, 0.1) is 18.9 Å². The zero-order valence-corrected chi connectivity index (χ0v) is 21.5. The number of rotatable bonds is 7. The van der Waals surface area contributed by atoms with Crippen LogP contribution in [0.4, 0.5) is 34.9 Å². The lowest BCUT2D eigenvalue weighted by molar-refractivity contribution is 0.0566. The smallest absolute Gasteiger partial charge is 0.333 e. The van der Waals surface area contributed by atoms with E-state index in [2.05, 4.69) is 30.3 Å². The summed E-state index contributed by atoms with van der Waals surface area (Å²) >= 11 is 0. The number of hydrogen-bond acceptors (Lipinski definition) is 8. The lowest BCUT2D eigenvalue weighted by Gasteiger charge is -2.34. The van der Waals surface area contributed by atoms with Crippen molar-refractivity contribution in [3.05, 3.63) is 60.7 Å². The first-order valence-corrected chi connectivity index (χ1v) is 11.8. The molecule has 0 radical (unpaired) electrons. The summed E-state index contributed by atoms with van der Waals surface area (Å²) in [6, 6.07) is 5.08. The van der Waals surface area contributed by atoms with E-state index in [9.17, 15) is 17.6 Å². The highest BCUT2D eigenvalue weighted by molar-refractivity contribution is 5.85. The van der Waals surface area contributed by atoms with Crippen LogP contribution in [0, 0.1) is 11.6 Å². The van der Waals surface area contributed by atoms with Crippen LogP contribution in [0.25, 0.3) is 22.5 Å². The van der Waals surface area contributed by atoms with E-state index in [-0.39, 0.29) is 35.6 Å². The fourth-order valence-corrected chi connectivity index (χ4v) is 4.42. The Morgan fingerprint density at radius 2 is 1.95 bits per heavy atom. The fourth-order valence-electron chi connectivity index (χ4n) is 4.42. The molecule has 0 aliphatic carbocycles. The molecule has 9 nitrogen and oxygen atoms in total. The van der Waals surface area contributed by atoms with Crippen molar-refractivity contribution in [2.75, 3.05) is 30.4 Å². The molecule has 1 saturated heterocycles. The molecule has 1 aliphatic rings. The molecule has 0 spiro atoms. The van der Waals surface area contributed by atoms with Crippen molar-refractivity contribution < 1.29 is 22.3 Å². The van der Waals surface area contributed by atoms with Gasteiger partial charge in [0.25, 0.3) is 0 Å². The maximum Gasteiger partial charge on any atom is 0.333 e. The number of anilines is 3. The number of nitrogens with zero attached hydrogens (tertiary/aromatic N) is 6. The van der Waals surface area contributed by atoms with Gasteiger partial charge in [-0.3, -0.25) is 0 Å². The molecule has 0 amide bonds. The highest BCUT2D eigenvalue weighted by atomic mass is 35.5. The van der Waals surface area contributed by atoms with E-state index >= 15 is 0 Å². The topological polar surface area (TPSA) is 107 Å². The number of benzene rings is 1. The van der Waals surface area contributed by atoms with Crippen molar-refractivity contribution in [2.45, 2.75) is 25.4 Å². The SMILES string of the molecule is COc1cc(F)cc(F)c1-c1nccc(Nc2cc(N3CCC[C@H](N)C3)c(-c3cnn(C(F)F)c3)cn2)n1.Cl. The zero-order valence-electron chi connectivity index (χ0n) is 20.7. The van der Waals surface area contributed by atoms with Gasteiger partial charge in [0.1, 0.15) is 29.0 Å². The van der Waals surface area contributed by atoms with Gasteiger partial charge in [0.2, 0.25) is 0 Å². The molecular formula is C25H25ClF4N8O. The van der Waals surface area contributed by atoms with Crippen molar-refractivity contribution in [2.24, 2.45) is 5.73 Å². The van der Waals surface area contributed by atoms with Crippen molar-refractivity contribution >= 4 is 29.7 Å². The Hall–Kier alpha value is -3.97. The molecule has 1 fully saturated rings. The van der Waals surface area contributed by atoms with E-state index in [1.165, 1.54) is 25.7 Å². The van der Waals surface area contributed by atoms with Gasteiger partial charge < -0.3 is 20.7 Å². The van der Waals surface area contributed by atoms with Crippen LogP contribution in [0.15, 0.2) is 49.1 Å². The number of piperidine rings is 1. The lowest BCUT2D eigenvalue weighted by Crippen LogP contribution is -2.43. The van der Waals surface area contributed by atoms with Crippen LogP contribution in [-0.2, 0) is 0 Å². The van der Waals surface area contributed by atoms with E-state index in [1.54, 1.807) is 18.3 Å². The summed E-state index contributed by atoms with van der Waals surface area (Å²) in [6.07, 6.45) is 7.38. The van der Waals surface area contributed by atoms with Gasteiger partial charge in [-0.05, 0) is 18.9 Å². The number of pyridine rings is 1. The lowest BCUT2D eigenvalue weighted by atomic mass is 10.0. The third kappa shape index (κ3) is 6.04. The predicted octanol–water partition coefficient (Wildman–Crippen LogP) is 5.18. The molecule has 3 aromatic heterocycles. The van der Waals surface area contributed by atoms with E-state index in [0.717, 1.165) is 37.2 Å². The molecule has 0 saturated carbocycles. The van der Waals surface area contributed by atoms with Crippen LogP contribution in [0.2, 0.25) is 0 Å². The average Bonchev–Trinajstić information content (AvgIpc) is 3.39. The molecule has 4 aromatic rings. The molecule has 4 heterocycles. The minimum atomic E-state index is -2.76. The van der Waals surface area contributed by atoms with Crippen molar-refractivity contribution in [1.82, 2.24) is 24.7 Å². The van der Waals surface area contributed by atoms with Crippen LogP contribution in [0.3, 0.4) is 0 Å². The predicted molar refractivity (Wildman–Crippen MR) is 141 cm³/mol. The summed E-state index contributed by atoms with van der Waals surface area (Å²) in [6.45, 7) is -1.45. The first-order valence-electron chi connectivity index (χ1n) is 11.8. The number of alkyl halides is 2. The number of nitrogens with two attached hydrogens (primary N) is 1. The van der Waals surface area contributed by atoms with Gasteiger partial charge in [-0.25, -0.2) is 28.4 Å². The van der Waals surface area contributed by atoms with Crippen LogP contribution >= 0.6 is 12.4 Å². The molecule has 14 heteroatoms. The highest BCUT2D eigenvalue weighted by Crippen LogP contribution is 2.35. The molecule has 39 heavy (non-hydrogen) atoms. The number of nitrogens with one attached hydrogen (secondary N) is 1. The van der Waals surface area contributed by atoms with E-state index in [4.69, 9.17) is 10.5 Å². The van der Waals surface area contributed by atoms with Crippen LogP contribution < -0.4 is 20.7 Å². The first-order chi connectivity index (χ1) is 18.3. The summed E-state index contributed by atoms with van der Waals surface area (Å²) < 4.78 is 60.2. The summed E-state index contributed by atoms with van der Waals surface area (Å²) in [4.78, 5) is 15.0. The standard InChI is InChI=1S/C25H24F4N8O.ClH/c1-38-20-8-15(26)7-18(27)23(20)24-31-5-4-21(35-24)34-22-9-19(36-6-2-3-16(30)13-36)17(11-32-22)14-10-33-37(12-14)25(28)29;/h4-5,7-12,16,25H,2-3,6,13,30H2,1H3,(H,31,32,34,35);1H/t16-;/m0./s1. The summed E-state index contributed by atoms with van der Waals surface area (Å²) in [5.74, 6) is -1.01. The Labute approximate surface area is 227 Å². The molecule has 0 unspecified atom stereocenters. The summed E-state index contributed by atoms with van der Waals surface area (Å²) in [5, 5.41) is 6.82. The first kappa shape index (κ1) is 28.0. The Morgan fingerprint density at radius 3 is 2.67 bits per heavy atom. The zero-order chi connectivity index (χ0) is 26.8. The number of ether oxygens (including phenoxy) is 1. The Kier molecular flexibility index (Phi) is 8.51. The maximum absolute atomic E-state index is 14.6. The van der Waals surface area contributed by atoms with E-state index in [1.807, 2.05) is 0 Å². The monoisotopic (exact) mass is 564 g/mol. The second-order valence-electron chi connectivity index (χ2n) is 8.78. The van der Waals surface area contributed by atoms with Gasteiger partial charge >= 0.3 is 6.55 Å². The van der Waals surface area contributed by atoms with Gasteiger partial charge in [0, 0.05) is 72.7 Å². The molecule has 5 rings (SSSR count). The average molecular weight is 565 g/mol. The molecule has 206 valence electrons. The minimum absolute atomic E-state index is 0. The largest absolute Gasteiger partial charge is 0.496 e. The fraction of sp³-hybridized carbons (Fsp3) is 0.280. The number of methoxy groups -OCH3 is 1. The quantitative estimate of drug-likeness (QED) is 0.296. The van der Waals surface area contributed by atoms with Gasteiger partial charge in [0.15, 0.2) is 5.82 Å². The molecular weight excluding hydrogens is 540 g/mol. The van der Waals surface area contributed by atoms with Crippen LogP contribution in [0.5, 0.6) is 5.75 Å². The second kappa shape index (κ2) is 11.8. The third-order valence-corrected chi connectivity index (χ3v) is 6.17. The van der Waals surface area contributed by atoms with E-state index < -0.39 is 18.2 Å². The van der Waals surface area contributed by atoms with Crippen LogP contribution in [-0.4, -0.2) is 51.0 Å². The van der Waals surface area contributed by atoms with Crippen molar-refractivity contribution in [1.29, 1.82) is 0 Å². The van der Waals surface area contributed by atoms with Gasteiger partial charge in [-0.15, -0.1) is 12.4 Å². The van der Waals surface area contributed by atoms with Crippen molar-refractivity contribution in [3.8, 4) is 28.3 Å². The second-order valence-corrected chi connectivity index (χ2v) is 8.78. The molecule has 3 N–H and O–H groups in total. The molecule has 0 bridgehead atoms. The van der Waals surface area contributed by atoms with Crippen LogP contribution in [0.1, 0.15) is 19.4 Å². The Morgan fingerprint density at radius 1 is 1.13 bits per heavy atom. The maximum atomic E-state index is 14.6. The van der Waals surface area contributed by atoms with Gasteiger partial charge in [-0.2, -0.15) is 13.9 Å². The molecule has 1 atom stereocenters. The summed E-state index contributed by atoms with van der Waals surface area (Å²) in [7, 11) is 1.30. The Balaban J connectivity index is 0.00000353. The van der Waals surface area contributed by atoms with E-state index in [0.29, 0.717) is 34.0 Å². The number of halogens is 5. The minimum Gasteiger partial charge on any atom is -0.496 e. The number of hydrogen-bond donors (Lipinski definition) is 2. The number of aromatic nitrogens is 5. The molecule has 1 aromatic carbocycles. The van der Waals surface area contributed by atoms with Gasteiger partial charge in [-0.1, -0.05) is 0 Å². The summed E-state index contributed by atoms with van der Waals surface area (Å²) in [5.41, 5.74) is 7.97. The highest BCUT2D eigenvalue weighted by Gasteiger charge is 2.23. The normalized spacial score (nSPS) is 15.3. The Bertz CT molecular complexity index is 1450. The van der Waals surface area contributed by atoms with Crippen molar-refractivity contribution in [3.63, 3.8) is 0 Å².